The van der Waals surface area contributed by atoms with Crippen molar-refractivity contribution in [1.82, 2.24) is 19.6 Å². The zero-order valence-corrected chi connectivity index (χ0v) is 18.2. The van der Waals surface area contributed by atoms with Gasteiger partial charge < -0.3 is 14.9 Å². The molecule has 0 saturated carbocycles. The molecule has 0 atom stereocenters. The van der Waals surface area contributed by atoms with Crippen LogP contribution < -0.4 is 16.0 Å². The number of primary amides is 1. The van der Waals surface area contributed by atoms with Crippen molar-refractivity contribution < 1.29 is 27.1 Å². The molecule has 0 aliphatic carbocycles. The molecule has 1 amide bonds. The molecule has 3 aromatic heterocycles. The van der Waals surface area contributed by atoms with E-state index in [2.05, 4.69) is 15.1 Å². The lowest BCUT2D eigenvalue weighted by Crippen LogP contribution is -2.20. The van der Waals surface area contributed by atoms with Crippen LogP contribution >= 0.6 is 0 Å². The second kappa shape index (κ2) is 7.72. The van der Waals surface area contributed by atoms with Gasteiger partial charge in [-0.1, -0.05) is 30.3 Å². The van der Waals surface area contributed by atoms with Gasteiger partial charge in [-0.25, -0.2) is 9.97 Å². The number of amides is 1. The molecule has 0 unspecified atom stereocenters. The number of hydrogen-bond acceptors (Lipinski definition) is 6. The largest absolute Gasteiger partial charge is 0.494 e. The van der Waals surface area contributed by atoms with Crippen molar-refractivity contribution >= 4 is 22.7 Å². The number of nitrogens with two attached hydrogens (primary N) is 1. The number of methoxy groups -OCH3 is 1. The number of ether oxygens (including phenoxy) is 1. The smallest absolute Gasteiger partial charge is 0.433 e. The Bertz CT molecular complexity index is 1680. The number of carbonyl (C=O) groups excluding carboxylic acids is 1. The summed E-state index contributed by atoms with van der Waals surface area (Å²) in [5, 5.41) is 2.14. The Morgan fingerprint density at radius 2 is 1.83 bits per heavy atom. The van der Waals surface area contributed by atoms with E-state index < -0.39 is 23.3 Å². The number of aromatic nitrogens is 4. The van der Waals surface area contributed by atoms with Gasteiger partial charge in [0.25, 0.3) is 11.5 Å². The van der Waals surface area contributed by atoms with Crippen molar-refractivity contribution in [1.29, 1.82) is 0 Å². The van der Waals surface area contributed by atoms with Crippen LogP contribution in [0, 0.1) is 6.92 Å². The third-order valence-electron chi connectivity index (χ3n) is 5.51. The SMILES string of the molecule is COc1ccc(C(N)=O)c2oc(-c3c(C)nc4c(-c5ccccc5)c(C(F)(F)F)[nH]n4c3=O)nc12. The Kier molecular flexibility index (Phi) is 4.90. The lowest BCUT2D eigenvalue weighted by atomic mass is 10.1. The van der Waals surface area contributed by atoms with E-state index in [4.69, 9.17) is 14.9 Å². The number of H-pyrrole nitrogens is 1. The van der Waals surface area contributed by atoms with Gasteiger partial charge in [0.1, 0.15) is 17.0 Å². The third-order valence-corrected chi connectivity index (χ3v) is 5.51. The van der Waals surface area contributed by atoms with Crippen LogP contribution in [0.3, 0.4) is 0 Å². The summed E-state index contributed by atoms with van der Waals surface area (Å²) in [6.45, 7) is 1.45. The molecule has 35 heavy (non-hydrogen) atoms. The number of nitrogens with one attached hydrogen (secondary N) is 1. The fourth-order valence-corrected chi connectivity index (χ4v) is 3.96. The Balaban J connectivity index is 1.83. The predicted molar refractivity (Wildman–Crippen MR) is 119 cm³/mol. The van der Waals surface area contributed by atoms with E-state index in [0.29, 0.717) is 4.52 Å². The van der Waals surface area contributed by atoms with Crippen LogP contribution in [-0.4, -0.2) is 32.6 Å². The topological polar surface area (TPSA) is 129 Å². The zero-order valence-electron chi connectivity index (χ0n) is 18.2. The number of rotatable bonds is 4. The molecule has 0 spiro atoms. The van der Waals surface area contributed by atoms with Crippen molar-refractivity contribution in [2.24, 2.45) is 5.73 Å². The highest BCUT2D eigenvalue weighted by molar-refractivity contribution is 6.05. The first kappa shape index (κ1) is 22.2. The lowest BCUT2D eigenvalue weighted by molar-refractivity contribution is -0.140. The van der Waals surface area contributed by atoms with Gasteiger partial charge in [0.15, 0.2) is 16.7 Å². The van der Waals surface area contributed by atoms with Gasteiger partial charge in [0.05, 0.1) is 23.9 Å². The normalized spacial score (nSPS) is 11.9. The summed E-state index contributed by atoms with van der Waals surface area (Å²) in [6, 6.07) is 10.7. The molecule has 0 aliphatic rings. The number of fused-ring (bicyclic) bond motifs is 2. The number of nitrogens with zero attached hydrogens (tertiary/aromatic N) is 3. The van der Waals surface area contributed by atoms with Crippen molar-refractivity contribution in [3.63, 3.8) is 0 Å². The fourth-order valence-electron chi connectivity index (χ4n) is 3.96. The number of alkyl halides is 3. The Morgan fingerprint density at radius 3 is 2.46 bits per heavy atom. The van der Waals surface area contributed by atoms with E-state index in [1.54, 1.807) is 18.2 Å². The first-order valence-corrected chi connectivity index (χ1v) is 10.2. The Labute approximate surface area is 193 Å². The molecule has 0 aliphatic heterocycles. The number of carbonyl (C=O) groups is 1. The number of hydrogen-bond donors (Lipinski definition) is 2. The van der Waals surface area contributed by atoms with Crippen LogP contribution in [0.25, 0.3) is 39.3 Å². The molecule has 178 valence electrons. The number of aromatic amines is 1. The molecular formula is C23H16F3N5O4. The second-order valence-electron chi connectivity index (χ2n) is 7.64. The lowest BCUT2D eigenvalue weighted by Gasteiger charge is -2.07. The summed E-state index contributed by atoms with van der Waals surface area (Å²) >= 11 is 0. The van der Waals surface area contributed by atoms with E-state index in [-0.39, 0.29) is 56.3 Å². The van der Waals surface area contributed by atoms with Crippen molar-refractivity contribution in [2.45, 2.75) is 13.1 Å². The van der Waals surface area contributed by atoms with Crippen LogP contribution in [0.1, 0.15) is 21.7 Å². The molecule has 0 bridgehead atoms. The van der Waals surface area contributed by atoms with E-state index >= 15 is 0 Å². The molecule has 12 heteroatoms. The highest BCUT2D eigenvalue weighted by Gasteiger charge is 2.38. The summed E-state index contributed by atoms with van der Waals surface area (Å²) in [5.41, 5.74) is 3.16. The average Bonchev–Trinajstić information content (AvgIpc) is 3.41. The number of benzene rings is 2. The maximum absolute atomic E-state index is 13.9. The minimum atomic E-state index is -4.79. The molecule has 3 heterocycles. The standard InChI is InChI=1S/C23H16F3N5O4/c1-10-14(21-29-16-13(34-2)9-8-12(19(27)32)17(16)35-21)22(33)31-20(28-10)15(11-6-4-3-5-7-11)18(30-31)23(24,25)26/h3-9,30H,1-2H3,(H2,27,32). The van der Waals surface area contributed by atoms with Gasteiger partial charge in [-0.05, 0) is 24.6 Å². The number of oxazole rings is 1. The predicted octanol–water partition coefficient (Wildman–Crippen LogP) is 3.93. The molecular weight excluding hydrogens is 467 g/mol. The minimum Gasteiger partial charge on any atom is -0.494 e. The van der Waals surface area contributed by atoms with Gasteiger partial charge >= 0.3 is 6.18 Å². The van der Waals surface area contributed by atoms with Gasteiger partial charge in [0.2, 0.25) is 5.89 Å². The average molecular weight is 483 g/mol. The molecule has 5 aromatic rings. The van der Waals surface area contributed by atoms with E-state index in [0.717, 1.165) is 0 Å². The highest BCUT2D eigenvalue weighted by Crippen LogP contribution is 2.39. The van der Waals surface area contributed by atoms with E-state index in [1.807, 2.05) is 0 Å². The first-order chi connectivity index (χ1) is 16.6. The third kappa shape index (κ3) is 3.41. The number of halogens is 3. The second-order valence-corrected chi connectivity index (χ2v) is 7.64. The molecule has 2 aromatic carbocycles. The molecule has 0 radical (unpaired) electrons. The minimum absolute atomic E-state index is 0.00284. The fraction of sp³-hybridized carbons (Fsp3) is 0.130. The maximum atomic E-state index is 13.9. The van der Waals surface area contributed by atoms with E-state index in [9.17, 15) is 22.8 Å². The molecule has 5 rings (SSSR count). The first-order valence-electron chi connectivity index (χ1n) is 10.2. The summed E-state index contributed by atoms with van der Waals surface area (Å²) in [6.07, 6.45) is -4.79. The van der Waals surface area contributed by atoms with Crippen molar-refractivity contribution in [3.05, 3.63) is 69.8 Å². The van der Waals surface area contributed by atoms with Crippen LogP contribution in [0.2, 0.25) is 0 Å². The molecule has 9 nitrogen and oxygen atoms in total. The Hall–Kier alpha value is -4.61. The quantitative estimate of drug-likeness (QED) is 0.399. The van der Waals surface area contributed by atoms with Gasteiger partial charge in [-0.3, -0.25) is 14.7 Å². The Morgan fingerprint density at radius 1 is 1.11 bits per heavy atom. The summed E-state index contributed by atoms with van der Waals surface area (Å²) < 4.78 is 53.4. The highest BCUT2D eigenvalue weighted by atomic mass is 19.4. The summed E-state index contributed by atoms with van der Waals surface area (Å²) in [5.74, 6) is -0.799. The molecule has 3 N–H and O–H groups in total. The monoisotopic (exact) mass is 483 g/mol. The van der Waals surface area contributed by atoms with Gasteiger partial charge in [-0.2, -0.15) is 17.7 Å². The maximum Gasteiger partial charge on any atom is 0.433 e. The van der Waals surface area contributed by atoms with Crippen LogP contribution in [-0.2, 0) is 6.18 Å². The van der Waals surface area contributed by atoms with E-state index in [1.165, 1.54) is 38.3 Å². The molecule has 0 saturated heterocycles. The molecule has 0 fully saturated rings. The number of aryl methyl sites for hydroxylation is 1. The van der Waals surface area contributed by atoms with Crippen LogP contribution in [0.4, 0.5) is 13.2 Å². The summed E-state index contributed by atoms with van der Waals surface area (Å²) in [4.78, 5) is 33.8. The van der Waals surface area contributed by atoms with Gasteiger partial charge in [0, 0.05) is 0 Å². The zero-order chi connectivity index (χ0) is 25.1. The van der Waals surface area contributed by atoms with Gasteiger partial charge in [-0.15, -0.1) is 0 Å². The van der Waals surface area contributed by atoms with Crippen LogP contribution in [0.5, 0.6) is 5.75 Å². The summed E-state index contributed by atoms with van der Waals surface area (Å²) in [7, 11) is 1.38. The van der Waals surface area contributed by atoms with Crippen LogP contribution in [0.15, 0.2) is 51.7 Å². The van der Waals surface area contributed by atoms with Crippen molar-refractivity contribution in [2.75, 3.05) is 7.11 Å². The van der Waals surface area contributed by atoms with Crippen molar-refractivity contribution in [3.8, 4) is 28.3 Å².